The standard InChI is InChI=1S/C31H26F3NO3/c1-37-26-13-6-21(7-14-26)19-35-17-16-23-18-27(15-10-24(23)20-35)38-30(36)29-5-3-2-4-28(29)22-8-11-25(12-9-22)31(32,33)34/h2-15,18H,16-17,19-20H2,1H3. The Morgan fingerprint density at radius 1 is 0.868 bits per heavy atom. The molecule has 0 fully saturated rings. The van der Waals surface area contributed by atoms with Crippen LogP contribution in [0.2, 0.25) is 0 Å². The van der Waals surface area contributed by atoms with Gasteiger partial charge in [-0.1, -0.05) is 48.5 Å². The molecule has 0 saturated carbocycles. The topological polar surface area (TPSA) is 38.8 Å². The second-order valence-corrected chi connectivity index (χ2v) is 9.25. The molecule has 4 nitrogen and oxygen atoms in total. The van der Waals surface area contributed by atoms with Crippen LogP contribution in [0.5, 0.6) is 11.5 Å². The SMILES string of the molecule is COc1ccc(CN2CCc3cc(OC(=O)c4ccccc4-c4ccc(C(F)(F)F)cc4)ccc3C2)cc1. The maximum atomic E-state index is 13.1. The van der Waals surface area contributed by atoms with E-state index in [1.54, 1.807) is 37.4 Å². The molecule has 0 radical (unpaired) electrons. The van der Waals surface area contributed by atoms with E-state index in [4.69, 9.17) is 9.47 Å². The Kier molecular flexibility index (Phi) is 7.20. The number of esters is 1. The highest BCUT2D eigenvalue weighted by Gasteiger charge is 2.30. The zero-order valence-corrected chi connectivity index (χ0v) is 20.8. The zero-order chi connectivity index (χ0) is 26.7. The summed E-state index contributed by atoms with van der Waals surface area (Å²) in [5, 5.41) is 0. The van der Waals surface area contributed by atoms with E-state index in [9.17, 15) is 18.0 Å². The number of carbonyl (C=O) groups is 1. The lowest BCUT2D eigenvalue weighted by molar-refractivity contribution is -0.137. The average molecular weight is 518 g/mol. The van der Waals surface area contributed by atoms with Crippen molar-refractivity contribution in [1.29, 1.82) is 0 Å². The van der Waals surface area contributed by atoms with Crippen molar-refractivity contribution >= 4 is 5.97 Å². The van der Waals surface area contributed by atoms with Gasteiger partial charge in [-0.2, -0.15) is 13.2 Å². The van der Waals surface area contributed by atoms with Crippen LogP contribution in [0.25, 0.3) is 11.1 Å². The van der Waals surface area contributed by atoms with Crippen LogP contribution < -0.4 is 9.47 Å². The van der Waals surface area contributed by atoms with E-state index < -0.39 is 17.7 Å². The molecule has 0 aromatic heterocycles. The summed E-state index contributed by atoms with van der Waals surface area (Å²) in [6.45, 7) is 2.51. The number of carbonyl (C=O) groups excluding carboxylic acids is 1. The number of hydrogen-bond acceptors (Lipinski definition) is 4. The van der Waals surface area contributed by atoms with Gasteiger partial charge in [-0.25, -0.2) is 4.79 Å². The van der Waals surface area contributed by atoms with Crippen molar-refractivity contribution in [3.63, 3.8) is 0 Å². The van der Waals surface area contributed by atoms with Crippen molar-refractivity contribution in [2.45, 2.75) is 25.7 Å². The molecule has 0 amide bonds. The smallest absolute Gasteiger partial charge is 0.416 e. The van der Waals surface area contributed by atoms with E-state index >= 15 is 0 Å². The normalized spacial score (nSPS) is 13.6. The summed E-state index contributed by atoms with van der Waals surface area (Å²) < 4.78 is 49.8. The highest BCUT2D eigenvalue weighted by atomic mass is 19.4. The molecule has 0 unspecified atom stereocenters. The number of hydrogen-bond donors (Lipinski definition) is 0. The summed E-state index contributed by atoms with van der Waals surface area (Å²) in [4.78, 5) is 15.5. The lowest BCUT2D eigenvalue weighted by Gasteiger charge is -2.29. The molecular weight excluding hydrogens is 491 g/mol. The Balaban J connectivity index is 1.28. The Hall–Kier alpha value is -4.10. The molecule has 0 saturated heterocycles. The predicted molar refractivity (Wildman–Crippen MR) is 139 cm³/mol. The molecule has 4 aromatic rings. The van der Waals surface area contributed by atoms with Crippen molar-refractivity contribution in [2.24, 2.45) is 0 Å². The maximum Gasteiger partial charge on any atom is 0.416 e. The van der Waals surface area contributed by atoms with Crippen LogP contribution in [0, 0.1) is 0 Å². The Labute approximate surface area is 219 Å². The molecule has 1 aliphatic rings. The Morgan fingerprint density at radius 2 is 1.58 bits per heavy atom. The van der Waals surface area contributed by atoms with Gasteiger partial charge in [-0.3, -0.25) is 4.90 Å². The summed E-state index contributed by atoms with van der Waals surface area (Å²) in [7, 11) is 1.65. The number of ether oxygens (including phenoxy) is 2. The van der Waals surface area contributed by atoms with E-state index in [0.29, 0.717) is 16.9 Å². The third-order valence-corrected chi connectivity index (χ3v) is 6.72. The van der Waals surface area contributed by atoms with E-state index in [1.165, 1.54) is 23.3 Å². The minimum atomic E-state index is -4.42. The van der Waals surface area contributed by atoms with Crippen LogP contribution in [-0.4, -0.2) is 24.5 Å². The third kappa shape index (κ3) is 5.73. The van der Waals surface area contributed by atoms with Crippen LogP contribution in [0.1, 0.15) is 32.6 Å². The number of benzene rings is 4. The number of rotatable bonds is 6. The predicted octanol–water partition coefficient (Wildman–Crippen LogP) is 7.16. The first kappa shape index (κ1) is 25.5. The van der Waals surface area contributed by atoms with E-state index in [1.807, 2.05) is 24.3 Å². The second-order valence-electron chi connectivity index (χ2n) is 9.25. The Bertz CT molecular complexity index is 1430. The van der Waals surface area contributed by atoms with Crippen LogP contribution in [0.3, 0.4) is 0 Å². The fourth-order valence-electron chi connectivity index (χ4n) is 4.69. The molecule has 1 aliphatic heterocycles. The molecule has 194 valence electrons. The van der Waals surface area contributed by atoms with Gasteiger partial charge in [0.05, 0.1) is 18.2 Å². The summed E-state index contributed by atoms with van der Waals surface area (Å²) in [5.74, 6) is 0.721. The van der Waals surface area contributed by atoms with Gasteiger partial charge >= 0.3 is 12.1 Å². The first-order valence-corrected chi connectivity index (χ1v) is 12.3. The van der Waals surface area contributed by atoms with Crippen molar-refractivity contribution in [3.8, 4) is 22.6 Å². The molecule has 0 aliphatic carbocycles. The molecule has 7 heteroatoms. The summed E-state index contributed by atoms with van der Waals surface area (Å²) in [6, 6.07) is 25.2. The van der Waals surface area contributed by atoms with E-state index in [-0.39, 0.29) is 5.56 Å². The van der Waals surface area contributed by atoms with Crippen molar-refractivity contribution in [2.75, 3.05) is 13.7 Å². The number of fused-ring (bicyclic) bond motifs is 1. The number of halogens is 3. The van der Waals surface area contributed by atoms with Crippen LogP contribution >= 0.6 is 0 Å². The molecular formula is C31H26F3NO3. The summed E-state index contributed by atoms with van der Waals surface area (Å²) in [5.41, 5.74) is 4.11. The minimum absolute atomic E-state index is 0.288. The average Bonchev–Trinajstić information content (AvgIpc) is 2.93. The summed E-state index contributed by atoms with van der Waals surface area (Å²) >= 11 is 0. The molecule has 4 aromatic carbocycles. The number of nitrogens with zero attached hydrogens (tertiary/aromatic N) is 1. The zero-order valence-electron chi connectivity index (χ0n) is 20.8. The van der Waals surface area contributed by atoms with Crippen LogP contribution in [-0.2, 0) is 25.7 Å². The first-order chi connectivity index (χ1) is 18.3. The molecule has 5 rings (SSSR count). The van der Waals surface area contributed by atoms with Gasteiger partial charge in [0.2, 0.25) is 0 Å². The van der Waals surface area contributed by atoms with Gasteiger partial charge in [0.1, 0.15) is 11.5 Å². The second kappa shape index (κ2) is 10.7. The lowest BCUT2D eigenvalue weighted by atomic mass is 9.98. The minimum Gasteiger partial charge on any atom is -0.497 e. The van der Waals surface area contributed by atoms with Gasteiger partial charge in [-0.05, 0) is 76.7 Å². The van der Waals surface area contributed by atoms with Gasteiger partial charge < -0.3 is 9.47 Å². The number of methoxy groups -OCH3 is 1. The van der Waals surface area contributed by atoms with Gasteiger partial charge in [0.15, 0.2) is 0 Å². The van der Waals surface area contributed by atoms with Crippen molar-refractivity contribution in [3.05, 3.63) is 119 Å². The molecule has 0 N–H and O–H groups in total. The molecule has 38 heavy (non-hydrogen) atoms. The van der Waals surface area contributed by atoms with E-state index in [0.717, 1.165) is 49.5 Å². The van der Waals surface area contributed by atoms with E-state index in [2.05, 4.69) is 17.0 Å². The van der Waals surface area contributed by atoms with Gasteiger partial charge in [0, 0.05) is 19.6 Å². The van der Waals surface area contributed by atoms with Gasteiger partial charge in [0.25, 0.3) is 0 Å². The largest absolute Gasteiger partial charge is 0.497 e. The van der Waals surface area contributed by atoms with Crippen LogP contribution in [0.4, 0.5) is 13.2 Å². The lowest BCUT2D eigenvalue weighted by Crippen LogP contribution is -2.30. The summed E-state index contributed by atoms with van der Waals surface area (Å²) in [6.07, 6.45) is -3.59. The molecule has 0 spiro atoms. The van der Waals surface area contributed by atoms with Crippen molar-refractivity contribution < 1.29 is 27.4 Å². The Morgan fingerprint density at radius 3 is 2.29 bits per heavy atom. The monoisotopic (exact) mass is 517 g/mol. The molecule has 0 atom stereocenters. The van der Waals surface area contributed by atoms with Crippen LogP contribution in [0.15, 0.2) is 91.0 Å². The first-order valence-electron chi connectivity index (χ1n) is 12.3. The fraction of sp³-hybridized carbons (Fsp3) is 0.194. The quantitative estimate of drug-likeness (QED) is 0.201. The number of alkyl halides is 3. The highest BCUT2D eigenvalue weighted by molar-refractivity contribution is 5.98. The molecule has 1 heterocycles. The van der Waals surface area contributed by atoms with Gasteiger partial charge in [-0.15, -0.1) is 0 Å². The van der Waals surface area contributed by atoms with Crippen molar-refractivity contribution in [1.82, 2.24) is 4.90 Å². The third-order valence-electron chi connectivity index (χ3n) is 6.72. The fourth-order valence-corrected chi connectivity index (χ4v) is 4.69. The molecule has 0 bridgehead atoms. The highest BCUT2D eigenvalue weighted by Crippen LogP contribution is 2.32. The maximum absolute atomic E-state index is 13.1.